The zero-order valence-electron chi connectivity index (χ0n) is 10.7. The highest BCUT2D eigenvalue weighted by Gasteiger charge is 2.29. The quantitative estimate of drug-likeness (QED) is 0.909. The van der Waals surface area contributed by atoms with Crippen LogP contribution in [-0.2, 0) is 9.84 Å². The van der Waals surface area contributed by atoms with Crippen molar-refractivity contribution < 1.29 is 12.8 Å². The third kappa shape index (κ3) is 3.92. The molecule has 0 heterocycles. The Morgan fingerprint density at radius 2 is 2.11 bits per heavy atom. The normalized spacial score (nSPS) is 24.2. The molecule has 1 aromatic rings. The van der Waals surface area contributed by atoms with Crippen LogP contribution in [-0.4, -0.2) is 26.0 Å². The monoisotopic (exact) mass is 349 g/mol. The molecule has 1 fully saturated rings. The fourth-order valence-corrected chi connectivity index (χ4v) is 4.00. The molecule has 2 unspecified atom stereocenters. The lowest BCUT2D eigenvalue weighted by molar-refractivity contribution is 0.451. The van der Waals surface area contributed by atoms with Gasteiger partial charge in [0.1, 0.15) is 15.7 Å². The summed E-state index contributed by atoms with van der Waals surface area (Å²) in [6, 6.07) is 4.86. The molecule has 0 saturated heterocycles. The van der Waals surface area contributed by atoms with Gasteiger partial charge in [-0.2, -0.15) is 0 Å². The molecule has 6 heteroatoms. The van der Waals surface area contributed by atoms with Crippen LogP contribution in [0, 0.1) is 5.82 Å². The molecule has 0 bridgehead atoms. The Bertz CT molecular complexity index is 562. The number of nitrogens with one attached hydrogen (secondary N) is 1. The number of benzene rings is 1. The van der Waals surface area contributed by atoms with Gasteiger partial charge in [-0.05, 0) is 37.5 Å². The van der Waals surface area contributed by atoms with Gasteiger partial charge in [-0.25, -0.2) is 12.8 Å². The lowest BCUT2D eigenvalue weighted by atomic mass is 9.94. The van der Waals surface area contributed by atoms with Crippen molar-refractivity contribution in [3.05, 3.63) is 28.5 Å². The van der Waals surface area contributed by atoms with Crippen molar-refractivity contribution in [1.29, 1.82) is 0 Å². The summed E-state index contributed by atoms with van der Waals surface area (Å²) in [6.45, 7) is 0. The van der Waals surface area contributed by atoms with Crippen molar-refractivity contribution in [2.24, 2.45) is 0 Å². The van der Waals surface area contributed by atoms with Crippen molar-refractivity contribution >= 4 is 31.5 Å². The summed E-state index contributed by atoms with van der Waals surface area (Å²) in [5.41, 5.74) is 0.433. The summed E-state index contributed by atoms with van der Waals surface area (Å²) in [5, 5.41) is 2.81. The average molecular weight is 350 g/mol. The highest BCUT2D eigenvalue weighted by atomic mass is 79.9. The molecule has 0 spiro atoms. The third-order valence-electron chi connectivity index (χ3n) is 3.52. The first kappa shape index (κ1) is 14.8. The highest BCUT2D eigenvalue weighted by Crippen LogP contribution is 2.28. The number of hydrogen-bond donors (Lipinski definition) is 1. The average Bonchev–Trinajstić information content (AvgIpc) is 2.32. The van der Waals surface area contributed by atoms with Crippen molar-refractivity contribution in [2.45, 2.75) is 37.0 Å². The molecule has 1 aliphatic carbocycles. The molecule has 1 N–H and O–H groups in total. The number of halogens is 2. The molecule has 0 aromatic heterocycles. The summed E-state index contributed by atoms with van der Waals surface area (Å²) in [7, 11) is -3.01. The van der Waals surface area contributed by atoms with Gasteiger partial charge in [-0.1, -0.05) is 22.4 Å². The Labute approximate surface area is 121 Å². The molecule has 1 saturated carbocycles. The molecule has 106 valence electrons. The summed E-state index contributed by atoms with van der Waals surface area (Å²) < 4.78 is 37.6. The molecule has 0 amide bonds. The van der Waals surface area contributed by atoms with Crippen LogP contribution >= 0.6 is 15.9 Å². The van der Waals surface area contributed by atoms with E-state index in [2.05, 4.69) is 21.2 Å². The lowest BCUT2D eigenvalue weighted by Crippen LogP contribution is -2.34. The minimum atomic E-state index is -3.01. The lowest BCUT2D eigenvalue weighted by Gasteiger charge is -2.29. The van der Waals surface area contributed by atoms with E-state index in [-0.39, 0.29) is 17.1 Å². The molecule has 3 nitrogen and oxygen atoms in total. The van der Waals surface area contributed by atoms with Crippen LogP contribution in [0.15, 0.2) is 22.7 Å². The SMILES string of the molecule is CS(=O)(=O)C1CCCC(Nc2ccc(Br)cc2F)C1. The highest BCUT2D eigenvalue weighted by molar-refractivity contribution is 9.10. The van der Waals surface area contributed by atoms with Crippen LogP contribution in [0.1, 0.15) is 25.7 Å². The topological polar surface area (TPSA) is 46.2 Å². The molecule has 0 aliphatic heterocycles. The maximum atomic E-state index is 13.7. The van der Waals surface area contributed by atoms with E-state index in [9.17, 15) is 12.8 Å². The van der Waals surface area contributed by atoms with E-state index in [4.69, 9.17) is 0 Å². The third-order valence-corrected chi connectivity index (χ3v) is 5.65. The second kappa shape index (κ2) is 5.79. The predicted octanol–water partition coefficient (Wildman–Crippen LogP) is 3.36. The molecule has 1 aromatic carbocycles. The van der Waals surface area contributed by atoms with Crippen molar-refractivity contribution in [3.63, 3.8) is 0 Å². The van der Waals surface area contributed by atoms with Crippen LogP contribution < -0.4 is 5.32 Å². The first-order valence-electron chi connectivity index (χ1n) is 6.26. The van der Waals surface area contributed by atoms with Gasteiger partial charge in [-0.3, -0.25) is 0 Å². The molecule has 2 rings (SSSR count). The smallest absolute Gasteiger partial charge is 0.150 e. The summed E-state index contributed by atoms with van der Waals surface area (Å²) in [5.74, 6) is -0.323. The van der Waals surface area contributed by atoms with Gasteiger partial charge in [-0.15, -0.1) is 0 Å². The first-order valence-corrected chi connectivity index (χ1v) is 9.01. The number of rotatable bonds is 3. The fraction of sp³-hybridized carbons (Fsp3) is 0.538. The fourth-order valence-electron chi connectivity index (χ4n) is 2.49. The van der Waals surface area contributed by atoms with Gasteiger partial charge in [0.25, 0.3) is 0 Å². The second-order valence-electron chi connectivity index (χ2n) is 5.08. The van der Waals surface area contributed by atoms with E-state index < -0.39 is 9.84 Å². The van der Waals surface area contributed by atoms with Crippen LogP contribution in [0.3, 0.4) is 0 Å². The minimum Gasteiger partial charge on any atom is -0.380 e. The van der Waals surface area contributed by atoms with E-state index in [1.54, 1.807) is 12.1 Å². The Hall–Kier alpha value is -0.620. The predicted molar refractivity (Wildman–Crippen MR) is 78.6 cm³/mol. The van der Waals surface area contributed by atoms with Crippen LogP contribution in [0.25, 0.3) is 0 Å². The summed E-state index contributed by atoms with van der Waals surface area (Å²) in [4.78, 5) is 0. The molecule has 0 radical (unpaired) electrons. The molecular formula is C13H17BrFNO2S. The van der Waals surface area contributed by atoms with E-state index in [0.29, 0.717) is 23.0 Å². The molecular weight excluding hydrogens is 333 g/mol. The van der Waals surface area contributed by atoms with E-state index in [1.807, 2.05) is 0 Å². The zero-order chi connectivity index (χ0) is 14.0. The van der Waals surface area contributed by atoms with Crippen molar-refractivity contribution in [1.82, 2.24) is 0 Å². The number of anilines is 1. The van der Waals surface area contributed by atoms with Gasteiger partial charge < -0.3 is 5.32 Å². The summed E-state index contributed by atoms with van der Waals surface area (Å²) in [6.07, 6.45) is 4.27. The van der Waals surface area contributed by atoms with Crippen LogP contribution in [0.2, 0.25) is 0 Å². The molecule has 2 atom stereocenters. The molecule has 1 aliphatic rings. The van der Waals surface area contributed by atoms with E-state index >= 15 is 0 Å². The number of sulfone groups is 1. The maximum absolute atomic E-state index is 13.7. The summed E-state index contributed by atoms with van der Waals surface area (Å²) >= 11 is 3.21. The second-order valence-corrected chi connectivity index (χ2v) is 8.32. The van der Waals surface area contributed by atoms with Gasteiger partial charge >= 0.3 is 0 Å². The molecule has 19 heavy (non-hydrogen) atoms. The zero-order valence-corrected chi connectivity index (χ0v) is 13.1. The number of hydrogen-bond acceptors (Lipinski definition) is 3. The minimum absolute atomic E-state index is 0.0177. The van der Waals surface area contributed by atoms with E-state index in [0.717, 1.165) is 12.8 Å². The largest absolute Gasteiger partial charge is 0.380 e. The Morgan fingerprint density at radius 1 is 1.37 bits per heavy atom. The van der Waals surface area contributed by atoms with Gasteiger partial charge in [0.05, 0.1) is 10.9 Å². The Kier molecular flexibility index (Phi) is 4.50. The first-order chi connectivity index (χ1) is 8.86. The standard InChI is InChI=1S/C13H17BrFNO2S/c1-19(17,18)11-4-2-3-10(8-11)16-13-6-5-9(14)7-12(13)15/h5-7,10-11,16H,2-4,8H2,1H3. The van der Waals surface area contributed by atoms with Crippen LogP contribution in [0.5, 0.6) is 0 Å². The Balaban J connectivity index is 2.07. The van der Waals surface area contributed by atoms with Crippen molar-refractivity contribution in [2.75, 3.05) is 11.6 Å². The van der Waals surface area contributed by atoms with Crippen molar-refractivity contribution in [3.8, 4) is 0 Å². The Morgan fingerprint density at radius 3 is 2.74 bits per heavy atom. The van der Waals surface area contributed by atoms with Gasteiger partial charge in [0, 0.05) is 16.8 Å². The maximum Gasteiger partial charge on any atom is 0.150 e. The van der Waals surface area contributed by atoms with Crippen LogP contribution in [0.4, 0.5) is 10.1 Å². The van der Waals surface area contributed by atoms with Gasteiger partial charge in [0.2, 0.25) is 0 Å². The van der Waals surface area contributed by atoms with Gasteiger partial charge in [0.15, 0.2) is 0 Å². The van der Waals surface area contributed by atoms with E-state index in [1.165, 1.54) is 12.3 Å².